The third kappa shape index (κ3) is 5.69. The Labute approximate surface area is 195 Å². The third-order valence-electron chi connectivity index (χ3n) is 5.28. The maximum absolute atomic E-state index is 12.9. The van der Waals surface area contributed by atoms with Gasteiger partial charge in [0.1, 0.15) is 0 Å². The number of rotatable bonds is 8. The van der Waals surface area contributed by atoms with E-state index in [4.69, 9.17) is 11.6 Å². The standard InChI is InChI=1S/C25H27ClN2O3S/c1-4-19-8-6-9-20(5-2)24(19)27-25(29)21-14-12-18(13-15-21)17-28(32(3,30)31)23-11-7-10-22(26)16-23/h6-16H,4-5,17H2,1-3H3,(H,27,29). The van der Waals surface area contributed by atoms with Gasteiger partial charge in [-0.3, -0.25) is 9.10 Å². The van der Waals surface area contributed by atoms with Gasteiger partial charge in [0.05, 0.1) is 18.5 Å². The molecule has 5 nitrogen and oxygen atoms in total. The van der Waals surface area contributed by atoms with Crippen LogP contribution in [-0.4, -0.2) is 20.6 Å². The molecule has 3 aromatic rings. The quantitative estimate of drug-likeness (QED) is 0.460. The van der Waals surface area contributed by atoms with Crippen molar-refractivity contribution < 1.29 is 13.2 Å². The molecule has 0 fully saturated rings. The minimum absolute atomic E-state index is 0.139. The summed E-state index contributed by atoms with van der Waals surface area (Å²) in [6.45, 7) is 4.26. The first-order valence-electron chi connectivity index (χ1n) is 10.5. The average Bonchev–Trinajstić information content (AvgIpc) is 2.77. The third-order valence-corrected chi connectivity index (χ3v) is 6.65. The van der Waals surface area contributed by atoms with Gasteiger partial charge in [0, 0.05) is 16.3 Å². The lowest BCUT2D eigenvalue weighted by Gasteiger charge is -2.23. The fourth-order valence-corrected chi connectivity index (χ4v) is 4.61. The van der Waals surface area contributed by atoms with E-state index >= 15 is 0 Å². The van der Waals surface area contributed by atoms with Gasteiger partial charge in [-0.1, -0.05) is 61.8 Å². The molecule has 0 unspecified atom stereocenters. The van der Waals surface area contributed by atoms with Crippen molar-refractivity contribution in [2.45, 2.75) is 33.2 Å². The van der Waals surface area contributed by atoms with Crippen molar-refractivity contribution in [3.63, 3.8) is 0 Å². The van der Waals surface area contributed by atoms with Crippen LogP contribution in [0.4, 0.5) is 11.4 Å². The Morgan fingerprint density at radius 2 is 1.53 bits per heavy atom. The summed E-state index contributed by atoms with van der Waals surface area (Å²) < 4.78 is 26.0. The van der Waals surface area contributed by atoms with Gasteiger partial charge in [-0.05, 0) is 59.9 Å². The molecule has 0 spiro atoms. The first-order chi connectivity index (χ1) is 15.2. The van der Waals surface area contributed by atoms with Crippen molar-refractivity contribution in [3.8, 4) is 0 Å². The minimum atomic E-state index is -3.52. The second kappa shape index (κ2) is 10.2. The second-order valence-electron chi connectivity index (χ2n) is 7.56. The molecule has 3 aromatic carbocycles. The number of para-hydroxylation sites is 1. The summed E-state index contributed by atoms with van der Waals surface area (Å²) in [5, 5.41) is 3.51. The van der Waals surface area contributed by atoms with Crippen LogP contribution in [0.15, 0.2) is 66.7 Å². The molecule has 3 rings (SSSR count). The number of sulfonamides is 1. The molecule has 0 radical (unpaired) electrons. The van der Waals surface area contributed by atoms with Crippen LogP contribution in [0.5, 0.6) is 0 Å². The summed E-state index contributed by atoms with van der Waals surface area (Å²) in [4.78, 5) is 12.9. The zero-order chi connectivity index (χ0) is 23.3. The van der Waals surface area contributed by atoms with Crippen LogP contribution in [0.1, 0.15) is 40.9 Å². The molecule has 0 aliphatic rings. The normalized spacial score (nSPS) is 11.2. The highest BCUT2D eigenvalue weighted by molar-refractivity contribution is 7.92. The van der Waals surface area contributed by atoms with Crippen LogP contribution in [0.3, 0.4) is 0 Å². The van der Waals surface area contributed by atoms with Gasteiger partial charge in [-0.25, -0.2) is 8.42 Å². The van der Waals surface area contributed by atoms with E-state index in [0.717, 1.165) is 41.5 Å². The van der Waals surface area contributed by atoms with Crippen LogP contribution in [0.2, 0.25) is 5.02 Å². The molecule has 0 aliphatic carbocycles. The topological polar surface area (TPSA) is 66.5 Å². The fraction of sp³-hybridized carbons (Fsp3) is 0.240. The van der Waals surface area contributed by atoms with E-state index < -0.39 is 10.0 Å². The van der Waals surface area contributed by atoms with Crippen LogP contribution < -0.4 is 9.62 Å². The van der Waals surface area contributed by atoms with Crippen LogP contribution in [0, 0.1) is 0 Å². The molecule has 0 bridgehead atoms. The lowest BCUT2D eigenvalue weighted by atomic mass is 10.0. The number of carbonyl (C=O) groups excluding carboxylic acids is 1. The lowest BCUT2D eigenvalue weighted by molar-refractivity contribution is 0.102. The Morgan fingerprint density at radius 3 is 2.06 bits per heavy atom. The Hall–Kier alpha value is -2.83. The summed E-state index contributed by atoms with van der Waals surface area (Å²) in [7, 11) is -3.52. The maximum Gasteiger partial charge on any atom is 0.255 e. The van der Waals surface area contributed by atoms with Crippen LogP contribution >= 0.6 is 11.6 Å². The van der Waals surface area contributed by atoms with Gasteiger partial charge in [-0.15, -0.1) is 0 Å². The molecule has 0 aromatic heterocycles. The van der Waals surface area contributed by atoms with Gasteiger partial charge < -0.3 is 5.32 Å². The van der Waals surface area contributed by atoms with Crippen molar-refractivity contribution >= 4 is 38.9 Å². The van der Waals surface area contributed by atoms with E-state index in [-0.39, 0.29) is 12.5 Å². The first-order valence-corrected chi connectivity index (χ1v) is 12.7. The molecule has 168 valence electrons. The molecular weight excluding hydrogens is 444 g/mol. The summed E-state index contributed by atoms with van der Waals surface area (Å²) >= 11 is 6.04. The van der Waals surface area contributed by atoms with E-state index in [0.29, 0.717) is 16.3 Å². The van der Waals surface area contributed by atoms with Gasteiger partial charge >= 0.3 is 0 Å². The molecule has 0 atom stereocenters. The Kier molecular flexibility index (Phi) is 7.59. The summed E-state index contributed by atoms with van der Waals surface area (Å²) in [6, 6.07) is 19.7. The first kappa shape index (κ1) is 23.8. The molecule has 7 heteroatoms. The van der Waals surface area contributed by atoms with Crippen molar-refractivity contribution in [2.24, 2.45) is 0 Å². The number of hydrogen-bond acceptors (Lipinski definition) is 3. The molecule has 1 N–H and O–H groups in total. The lowest BCUT2D eigenvalue weighted by Crippen LogP contribution is -2.29. The number of hydrogen-bond donors (Lipinski definition) is 1. The number of carbonyl (C=O) groups is 1. The number of aryl methyl sites for hydroxylation is 2. The number of nitrogens with zero attached hydrogens (tertiary/aromatic N) is 1. The van der Waals surface area contributed by atoms with Gasteiger partial charge in [-0.2, -0.15) is 0 Å². The zero-order valence-electron chi connectivity index (χ0n) is 18.4. The predicted molar refractivity (Wildman–Crippen MR) is 132 cm³/mol. The van der Waals surface area contributed by atoms with E-state index in [1.54, 1.807) is 48.5 Å². The SMILES string of the molecule is CCc1cccc(CC)c1NC(=O)c1ccc(CN(c2cccc(Cl)c2)S(C)(=O)=O)cc1. The van der Waals surface area contributed by atoms with E-state index in [9.17, 15) is 13.2 Å². The maximum atomic E-state index is 12.9. The number of benzene rings is 3. The molecule has 0 aliphatic heterocycles. The molecule has 0 saturated carbocycles. The van der Waals surface area contributed by atoms with Crippen molar-refractivity contribution in [1.29, 1.82) is 0 Å². The van der Waals surface area contributed by atoms with E-state index in [1.807, 2.05) is 18.2 Å². The number of halogens is 1. The fourth-order valence-electron chi connectivity index (χ4n) is 3.55. The van der Waals surface area contributed by atoms with Crippen LogP contribution in [0.25, 0.3) is 0 Å². The monoisotopic (exact) mass is 470 g/mol. The second-order valence-corrected chi connectivity index (χ2v) is 9.90. The molecule has 1 amide bonds. The van der Waals surface area contributed by atoms with Gasteiger partial charge in [0.25, 0.3) is 5.91 Å². The largest absolute Gasteiger partial charge is 0.321 e. The number of nitrogens with one attached hydrogen (secondary N) is 1. The predicted octanol–water partition coefficient (Wildman–Crippen LogP) is 5.68. The Morgan fingerprint density at radius 1 is 0.938 bits per heavy atom. The van der Waals surface area contributed by atoms with Gasteiger partial charge in [0.15, 0.2) is 0 Å². The highest BCUT2D eigenvalue weighted by Crippen LogP contribution is 2.25. The van der Waals surface area contributed by atoms with E-state index in [1.165, 1.54) is 4.31 Å². The molecular formula is C25H27ClN2O3S. The summed E-state index contributed by atoms with van der Waals surface area (Å²) in [5.41, 5.74) is 4.82. The van der Waals surface area contributed by atoms with Crippen molar-refractivity contribution in [1.82, 2.24) is 0 Å². The van der Waals surface area contributed by atoms with Crippen molar-refractivity contribution in [3.05, 3.63) is 94.0 Å². The Bertz CT molecular complexity index is 1190. The zero-order valence-corrected chi connectivity index (χ0v) is 20.0. The molecule has 0 heterocycles. The van der Waals surface area contributed by atoms with E-state index in [2.05, 4.69) is 19.2 Å². The number of amides is 1. The summed E-state index contributed by atoms with van der Waals surface area (Å²) in [5.74, 6) is -0.193. The number of anilines is 2. The van der Waals surface area contributed by atoms with Crippen molar-refractivity contribution in [2.75, 3.05) is 15.9 Å². The highest BCUT2D eigenvalue weighted by atomic mass is 35.5. The Balaban J connectivity index is 1.81. The van der Waals surface area contributed by atoms with Gasteiger partial charge in [0.2, 0.25) is 10.0 Å². The molecule has 0 saturated heterocycles. The molecule has 32 heavy (non-hydrogen) atoms. The highest BCUT2D eigenvalue weighted by Gasteiger charge is 2.19. The smallest absolute Gasteiger partial charge is 0.255 e. The average molecular weight is 471 g/mol. The summed E-state index contributed by atoms with van der Waals surface area (Å²) in [6.07, 6.45) is 2.81. The minimum Gasteiger partial charge on any atom is -0.321 e. The van der Waals surface area contributed by atoms with Crippen LogP contribution in [-0.2, 0) is 29.4 Å².